The molecule has 1 aliphatic heterocycles. The highest BCUT2D eigenvalue weighted by atomic mass is 16.3. The van der Waals surface area contributed by atoms with Crippen LogP contribution in [-0.4, -0.2) is 41.8 Å². The molecule has 0 amide bonds. The molecule has 1 fully saturated rings. The van der Waals surface area contributed by atoms with Gasteiger partial charge in [0.05, 0.1) is 6.61 Å². The van der Waals surface area contributed by atoms with Crippen LogP contribution >= 0.6 is 0 Å². The van der Waals surface area contributed by atoms with Crippen LogP contribution in [0.15, 0.2) is 0 Å². The molecule has 3 nitrogen and oxygen atoms in total. The van der Waals surface area contributed by atoms with Crippen LogP contribution in [-0.2, 0) is 0 Å². The van der Waals surface area contributed by atoms with Crippen molar-refractivity contribution in [1.29, 1.82) is 0 Å². The summed E-state index contributed by atoms with van der Waals surface area (Å²) in [6, 6.07) is 0.652. The van der Waals surface area contributed by atoms with Crippen molar-refractivity contribution in [2.24, 2.45) is 5.73 Å². The summed E-state index contributed by atoms with van der Waals surface area (Å²) in [7, 11) is 0. The van der Waals surface area contributed by atoms with Gasteiger partial charge >= 0.3 is 0 Å². The average Bonchev–Trinajstić information content (AvgIpc) is 2.21. The molecule has 1 heterocycles. The zero-order valence-electron chi connectivity index (χ0n) is 9.28. The molecule has 0 aromatic rings. The Hall–Kier alpha value is -0.120. The second-order valence-corrected chi connectivity index (χ2v) is 4.38. The summed E-state index contributed by atoms with van der Waals surface area (Å²) in [6.07, 6.45) is 6.48. The summed E-state index contributed by atoms with van der Waals surface area (Å²) in [5.41, 5.74) is 5.77. The molecule has 2 atom stereocenters. The van der Waals surface area contributed by atoms with Gasteiger partial charge in [0.25, 0.3) is 0 Å². The predicted molar refractivity (Wildman–Crippen MR) is 59.2 cm³/mol. The molecule has 0 aliphatic carbocycles. The molecule has 0 radical (unpaired) electrons. The number of nitrogens with zero attached hydrogens (tertiary/aromatic N) is 1. The average molecular weight is 200 g/mol. The van der Waals surface area contributed by atoms with Crippen LogP contribution in [0.2, 0.25) is 0 Å². The first kappa shape index (κ1) is 12.0. The van der Waals surface area contributed by atoms with Crippen molar-refractivity contribution < 1.29 is 5.11 Å². The zero-order chi connectivity index (χ0) is 10.4. The number of nitrogens with two attached hydrogens (primary N) is 1. The highest BCUT2D eigenvalue weighted by Gasteiger charge is 2.22. The van der Waals surface area contributed by atoms with Gasteiger partial charge in [-0.25, -0.2) is 0 Å². The van der Waals surface area contributed by atoms with E-state index in [1.54, 1.807) is 0 Å². The normalized spacial score (nSPS) is 26.4. The van der Waals surface area contributed by atoms with E-state index in [0.717, 1.165) is 6.54 Å². The van der Waals surface area contributed by atoms with Gasteiger partial charge in [0.2, 0.25) is 0 Å². The Labute approximate surface area is 87.3 Å². The summed E-state index contributed by atoms with van der Waals surface area (Å²) in [5.74, 6) is 0. The third-order valence-electron chi connectivity index (χ3n) is 3.07. The molecule has 0 aromatic heterocycles. The summed E-state index contributed by atoms with van der Waals surface area (Å²) < 4.78 is 0. The van der Waals surface area contributed by atoms with Gasteiger partial charge in [-0.2, -0.15) is 0 Å². The van der Waals surface area contributed by atoms with Crippen molar-refractivity contribution in [3.63, 3.8) is 0 Å². The zero-order valence-corrected chi connectivity index (χ0v) is 9.28. The van der Waals surface area contributed by atoms with E-state index in [2.05, 4.69) is 11.8 Å². The minimum Gasteiger partial charge on any atom is -0.395 e. The molecular formula is C11H24N2O. The maximum atomic E-state index is 8.93. The molecule has 1 saturated heterocycles. The van der Waals surface area contributed by atoms with Gasteiger partial charge in [0.1, 0.15) is 0 Å². The Balaban J connectivity index is 2.37. The summed E-state index contributed by atoms with van der Waals surface area (Å²) in [5, 5.41) is 8.93. The van der Waals surface area contributed by atoms with Crippen molar-refractivity contribution in [3.8, 4) is 0 Å². The smallest absolute Gasteiger partial charge is 0.0595 e. The van der Waals surface area contributed by atoms with E-state index in [0.29, 0.717) is 6.04 Å². The third-order valence-corrected chi connectivity index (χ3v) is 3.07. The number of piperidine rings is 1. The van der Waals surface area contributed by atoms with Crippen LogP contribution in [0.1, 0.15) is 39.0 Å². The number of rotatable bonds is 5. The number of hydrogen-bond acceptors (Lipinski definition) is 3. The standard InChI is InChI=1S/C11H24N2O/c1-2-5-11-6-3-4-7-13(11)8-10(12)9-14/h10-11,14H,2-9,12H2,1H3. The summed E-state index contributed by atoms with van der Waals surface area (Å²) in [4.78, 5) is 2.47. The first-order chi connectivity index (χ1) is 6.77. The number of likely N-dealkylation sites (tertiary alicyclic amines) is 1. The van der Waals surface area contributed by atoms with Crippen LogP contribution in [0.3, 0.4) is 0 Å². The largest absolute Gasteiger partial charge is 0.395 e. The predicted octanol–water partition coefficient (Wildman–Crippen LogP) is 0.961. The highest BCUT2D eigenvalue weighted by molar-refractivity contribution is 4.79. The molecule has 0 spiro atoms. The van der Waals surface area contributed by atoms with Gasteiger partial charge in [-0.3, -0.25) is 4.90 Å². The molecule has 14 heavy (non-hydrogen) atoms. The lowest BCUT2D eigenvalue weighted by Gasteiger charge is -2.36. The Morgan fingerprint density at radius 1 is 1.50 bits per heavy atom. The fourth-order valence-corrected chi connectivity index (χ4v) is 2.32. The van der Waals surface area contributed by atoms with Crippen molar-refractivity contribution in [3.05, 3.63) is 0 Å². The van der Waals surface area contributed by atoms with Crippen LogP contribution in [0, 0.1) is 0 Å². The second-order valence-electron chi connectivity index (χ2n) is 4.38. The van der Waals surface area contributed by atoms with Crippen LogP contribution in [0.4, 0.5) is 0 Å². The highest BCUT2D eigenvalue weighted by Crippen LogP contribution is 2.20. The monoisotopic (exact) mass is 200 g/mol. The minimum atomic E-state index is -0.0625. The Morgan fingerprint density at radius 3 is 2.93 bits per heavy atom. The van der Waals surface area contributed by atoms with Gasteiger partial charge in [0, 0.05) is 18.6 Å². The quantitative estimate of drug-likeness (QED) is 0.695. The first-order valence-electron chi connectivity index (χ1n) is 5.88. The molecule has 3 heteroatoms. The molecule has 2 unspecified atom stereocenters. The van der Waals surface area contributed by atoms with E-state index in [9.17, 15) is 0 Å². The second kappa shape index (κ2) is 6.38. The molecule has 84 valence electrons. The molecule has 0 saturated carbocycles. The minimum absolute atomic E-state index is 0.0625. The Kier molecular flexibility index (Phi) is 5.45. The summed E-state index contributed by atoms with van der Waals surface area (Å²) in [6.45, 7) is 4.37. The fourth-order valence-electron chi connectivity index (χ4n) is 2.32. The van der Waals surface area contributed by atoms with Crippen LogP contribution in [0.5, 0.6) is 0 Å². The number of aliphatic hydroxyl groups is 1. The van der Waals surface area contributed by atoms with Gasteiger partial charge in [-0.1, -0.05) is 19.8 Å². The van der Waals surface area contributed by atoms with Gasteiger partial charge in [-0.05, 0) is 25.8 Å². The van der Waals surface area contributed by atoms with E-state index in [1.807, 2.05) is 0 Å². The molecule has 1 rings (SSSR count). The molecule has 3 N–H and O–H groups in total. The maximum Gasteiger partial charge on any atom is 0.0595 e. The van der Waals surface area contributed by atoms with Crippen molar-refractivity contribution in [2.45, 2.75) is 51.1 Å². The topological polar surface area (TPSA) is 49.5 Å². The van der Waals surface area contributed by atoms with Crippen molar-refractivity contribution >= 4 is 0 Å². The fraction of sp³-hybridized carbons (Fsp3) is 1.00. The van der Waals surface area contributed by atoms with E-state index < -0.39 is 0 Å². The van der Waals surface area contributed by atoms with Crippen molar-refractivity contribution in [1.82, 2.24) is 4.90 Å². The lowest BCUT2D eigenvalue weighted by atomic mass is 9.98. The van der Waals surface area contributed by atoms with Crippen molar-refractivity contribution in [2.75, 3.05) is 19.7 Å². The van der Waals surface area contributed by atoms with Crippen LogP contribution < -0.4 is 5.73 Å². The Morgan fingerprint density at radius 2 is 2.29 bits per heavy atom. The van der Waals surface area contributed by atoms with Gasteiger partial charge < -0.3 is 10.8 Å². The van der Waals surface area contributed by atoms with Gasteiger partial charge in [0.15, 0.2) is 0 Å². The SMILES string of the molecule is CCCC1CCCCN1CC(N)CO. The third kappa shape index (κ3) is 3.56. The maximum absolute atomic E-state index is 8.93. The van der Waals surface area contributed by atoms with E-state index in [4.69, 9.17) is 10.8 Å². The summed E-state index contributed by atoms with van der Waals surface area (Å²) >= 11 is 0. The molecule has 0 bridgehead atoms. The molecule has 0 aromatic carbocycles. The van der Waals surface area contributed by atoms with Crippen LogP contribution in [0.25, 0.3) is 0 Å². The lowest BCUT2D eigenvalue weighted by molar-refractivity contribution is 0.117. The lowest BCUT2D eigenvalue weighted by Crippen LogP contribution is -2.47. The molecule has 1 aliphatic rings. The van der Waals surface area contributed by atoms with E-state index in [-0.39, 0.29) is 12.6 Å². The number of hydrogen-bond donors (Lipinski definition) is 2. The van der Waals surface area contributed by atoms with Gasteiger partial charge in [-0.15, -0.1) is 0 Å². The number of aliphatic hydroxyl groups excluding tert-OH is 1. The van der Waals surface area contributed by atoms with E-state index >= 15 is 0 Å². The molecular weight excluding hydrogens is 176 g/mol. The van der Waals surface area contributed by atoms with E-state index in [1.165, 1.54) is 38.6 Å². The first-order valence-corrected chi connectivity index (χ1v) is 5.88. The Bertz CT molecular complexity index is 150.